The molecule has 0 aliphatic carbocycles. The Morgan fingerprint density at radius 2 is 2.11 bits per heavy atom. The van der Waals surface area contributed by atoms with Crippen LogP contribution in [0.1, 0.15) is 36.6 Å². The van der Waals surface area contributed by atoms with Crippen molar-refractivity contribution in [3.05, 3.63) is 52.8 Å². The Bertz CT molecular complexity index is 582. The van der Waals surface area contributed by atoms with Gasteiger partial charge in [-0.15, -0.1) is 0 Å². The first kappa shape index (κ1) is 12.9. The van der Waals surface area contributed by atoms with Gasteiger partial charge in [-0.05, 0) is 36.6 Å². The van der Waals surface area contributed by atoms with Gasteiger partial charge in [-0.1, -0.05) is 38.1 Å². The van der Waals surface area contributed by atoms with Crippen molar-refractivity contribution in [2.45, 2.75) is 26.7 Å². The number of hydrogen-bond acceptors (Lipinski definition) is 1. The van der Waals surface area contributed by atoms with Crippen molar-refractivity contribution >= 4 is 17.7 Å². The van der Waals surface area contributed by atoms with Crippen LogP contribution in [0.15, 0.2) is 31.0 Å². The topological polar surface area (TPSA) is 17.8 Å². The van der Waals surface area contributed by atoms with Gasteiger partial charge in [-0.2, -0.15) is 5.10 Å². The van der Waals surface area contributed by atoms with Gasteiger partial charge in [0.05, 0.1) is 11.4 Å². The van der Waals surface area contributed by atoms with E-state index in [2.05, 4.69) is 25.5 Å². The molecular formula is C15H17ClN2. The maximum Gasteiger partial charge on any atom is 0.0681 e. The smallest absolute Gasteiger partial charge is 0.0681 e. The molecular weight excluding hydrogens is 244 g/mol. The average Bonchev–Trinajstić information content (AvgIpc) is 2.70. The van der Waals surface area contributed by atoms with E-state index < -0.39 is 0 Å². The number of benzene rings is 1. The van der Waals surface area contributed by atoms with E-state index in [1.807, 2.05) is 42.1 Å². The molecule has 0 amide bonds. The molecule has 0 aliphatic rings. The van der Waals surface area contributed by atoms with Crippen molar-refractivity contribution in [1.82, 2.24) is 9.78 Å². The molecule has 0 saturated carbocycles. The van der Waals surface area contributed by atoms with Crippen LogP contribution < -0.4 is 0 Å². The van der Waals surface area contributed by atoms with Crippen molar-refractivity contribution in [2.75, 3.05) is 0 Å². The number of rotatable bonds is 3. The molecule has 0 fully saturated rings. The molecule has 2 rings (SSSR count). The fourth-order valence-electron chi connectivity index (χ4n) is 1.99. The van der Waals surface area contributed by atoms with Gasteiger partial charge in [-0.25, -0.2) is 4.68 Å². The highest BCUT2D eigenvalue weighted by atomic mass is 35.5. The van der Waals surface area contributed by atoms with Crippen LogP contribution >= 0.6 is 11.6 Å². The molecule has 0 unspecified atom stereocenters. The fourth-order valence-corrected chi connectivity index (χ4v) is 2.17. The van der Waals surface area contributed by atoms with Gasteiger partial charge >= 0.3 is 0 Å². The van der Waals surface area contributed by atoms with E-state index in [9.17, 15) is 0 Å². The average molecular weight is 261 g/mol. The van der Waals surface area contributed by atoms with Crippen LogP contribution in [-0.2, 0) is 0 Å². The Hall–Kier alpha value is -1.54. The van der Waals surface area contributed by atoms with E-state index in [4.69, 9.17) is 11.6 Å². The minimum absolute atomic E-state index is 0.399. The molecule has 0 spiro atoms. The summed E-state index contributed by atoms with van der Waals surface area (Å²) in [5, 5.41) is 5.29. The summed E-state index contributed by atoms with van der Waals surface area (Å²) in [4.78, 5) is 0. The zero-order chi connectivity index (χ0) is 13.3. The molecule has 18 heavy (non-hydrogen) atoms. The molecule has 1 aromatic carbocycles. The first-order chi connectivity index (χ1) is 8.52. The molecule has 0 aliphatic heterocycles. The van der Waals surface area contributed by atoms with Gasteiger partial charge in [0.15, 0.2) is 0 Å². The second-order valence-corrected chi connectivity index (χ2v) is 5.11. The number of aryl methyl sites for hydroxylation is 1. The Morgan fingerprint density at radius 3 is 2.67 bits per heavy atom. The van der Waals surface area contributed by atoms with Crippen LogP contribution in [0.25, 0.3) is 11.8 Å². The van der Waals surface area contributed by atoms with E-state index in [1.165, 1.54) is 5.56 Å². The first-order valence-corrected chi connectivity index (χ1v) is 6.39. The molecule has 0 N–H and O–H groups in total. The minimum atomic E-state index is 0.399. The van der Waals surface area contributed by atoms with Crippen LogP contribution in [0.4, 0.5) is 0 Å². The molecule has 2 nitrogen and oxygen atoms in total. The summed E-state index contributed by atoms with van der Waals surface area (Å²) < 4.78 is 1.90. The lowest BCUT2D eigenvalue weighted by atomic mass is 10.0. The quantitative estimate of drug-likeness (QED) is 0.789. The van der Waals surface area contributed by atoms with E-state index in [-0.39, 0.29) is 0 Å². The first-order valence-electron chi connectivity index (χ1n) is 6.01. The summed E-state index contributed by atoms with van der Waals surface area (Å²) in [6.45, 7) is 10.1. The van der Waals surface area contributed by atoms with Crippen LogP contribution in [0.2, 0.25) is 5.02 Å². The Morgan fingerprint density at radius 1 is 1.39 bits per heavy atom. The van der Waals surface area contributed by atoms with Crippen molar-refractivity contribution < 1.29 is 0 Å². The third kappa shape index (κ3) is 2.34. The molecule has 2 aromatic rings. The molecule has 1 aromatic heterocycles. The maximum absolute atomic E-state index is 6.07. The number of aromatic nitrogens is 2. The third-order valence-electron chi connectivity index (χ3n) is 3.02. The lowest BCUT2D eigenvalue weighted by molar-refractivity contribution is 0.802. The van der Waals surface area contributed by atoms with E-state index >= 15 is 0 Å². The van der Waals surface area contributed by atoms with Crippen molar-refractivity contribution in [3.8, 4) is 5.69 Å². The molecule has 94 valence electrons. The van der Waals surface area contributed by atoms with E-state index in [1.54, 1.807) is 0 Å². The fraction of sp³-hybridized carbons (Fsp3) is 0.267. The van der Waals surface area contributed by atoms with Gasteiger partial charge in [0.1, 0.15) is 0 Å². The highest BCUT2D eigenvalue weighted by Gasteiger charge is 2.11. The van der Waals surface area contributed by atoms with Crippen LogP contribution in [0.5, 0.6) is 0 Å². The SMILES string of the molecule is C=Cc1cn(-c2ccc(Cl)cc2C(C)C)nc1C. The van der Waals surface area contributed by atoms with E-state index in [0.717, 1.165) is 22.0 Å². The second-order valence-electron chi connectivity index (χ2n) is 4.68. The van der Waals surface area contributed by atoms with Crippen molar-refractivity contribution in [2.24, 2.45) is 0 Å². The standard InChI is InChI=1S/C15H17ClN2/c1-5-12-9-18(17-11(12)4)15-7-6-13(16)8-14(15)10(2)3/h5-10H,1H2,2-4H3. The molecule has 3 heteroatoms. The van der Waals surface area contributed by atoms with Crippen LogP contribution in [-0.4, -0.2) is 9.78 Å². The summed E-state index contributed by atoms with van der Waals surface area (Å²) >= 11 is 6.07. The number of halogens is 1. The largest absolute Gasteiger partial charge is 0.240 e. The molecule has 0 radical (unpaired) electrons. The van der Waals surface area contributed by atoms with Gasteiger partial charge < -0.3 is 0 Å². The van der Waals surface area contributed by atoms with E-state index in [0.29, 0.717) is 5.92 Å². The van der Waals surface area contributed by atoms with Crippen LogP contribution in [0.3, 0.4) is 0 Å². The van der Waals surface area contributed by atoms with Gasteiger partial charge in [0, 0.05) is 16.8 Å². The number of hydrogen-bond donors (Lipinski definition) is 0. The Labute approximate surface area is 113 Å². The predicted molar refractivity (Wildman–Crippen MR) is 77.5 cm³/mol. The van der Waals surface area contributed by atoms with Crippen LogP contribution in [0, 0.1) is 6.92 Å². The van der Waals surface area contributed by atoms with Crippen molar-refractivity contribution in [3.63, 3.8) is 0 Å². The Balaban J connectivity index is 2.59. The number of nitrogens with zero attached hydrogens (tertiary/aromatic N) is 2. The summed E-state index contributed by atoms with van der Waals surface area (Å²) in [6, 6.07) is 5.91. The minimum Gasteiger partial charge on any atom is -0.240 e. The lowest BCUT2D eigenvalue weighted by Crippen LogP contribution is -2.02. The van der Waals surface area contributed by atoms with Gasteiger partial charge in [0.2, 0.25) is 0 Å². The molecule has 0 atom stereocenters. The maximum atomic E-state index is 6.07. The second kappa shape index (κ2) is 4.99. The summed E-state index contributed by atoms with van der Waals surface area (Å²) in [5.74, 6) is 0.399. The molecule has 1 heterocycles. The highest BCUT2D eigenvalue weighted by Crippen LogP contribution is 2.26. The molecule has 0 saturated heterocycles. The summed E-state index contributed by atoms with van der Waals surface area (Å²) in [7, 11) is 0. The predicted octanol–water partition coefficient (Wildman–Crippen LogP) is 4.60. The normalized spacial score (nSPS) is 10.9. The zero-order valence-corrected chi connectivity index (χ0v) is 11.7. The van der Waals surface area contributed by atoms with Crippen molar-refractivity contribution in [1.29, 1.82) is 0 Å². The highest BCUT2D eigenvalue weighted by molar-refractivity contribution is 6.30. The van der Waals surface area contributed by atoms with Gasteiger partial charge in [-0.3, -0.25) is 0 Å². The molecule has 0 bridgehead atoms. The summed E-state index contributed by atoms with van der Waals surface area (Å²) in [5.41, 5.74) is 4.31. The lowest BCUT2D eigenvalue weighted by Gasteiger charge is -2.13. The summed E-state index contributed by atoms with van der Waals surface area (Å²) in [6.07, 6.45) is 3.82. The Kier molecular flexibility index (Phi) is 3.58. The zero-order valence-electron chi connectivity index (χ0n) is 10.9. The monoisotopic (exact) mass is 260 g/mol. The van der Waals surface area contributed by atoms with Gasteiger partial charge in [0.25, 0.3) is 0 Å². The third-order valence-corrected chi connectivity index (χ3v) is 3.25.